The number of methoxy groups -OCH3 is 1. The molecule has 1 aliphatic carbocycles. The van der Waals surface area contributed by atoms with Crippen LogP contribution < -0.4 is 20.7 Å². The maximum atomic E-state index is 14.7. The van der Waals surface area contributed by atoms with E-state index in [1.54, 1.807) is 12.0 Å². The van der Waals surface area contributed by atoms with Crippen molar-refractivity contribution in [2.75, 3.05) is 12.0 Å². The number of benzodiazepines with no additional fused rings is 1. The summed E-state index contributed by atoms with van der Waals surface area (Å²) in [5.41, 5.74) is 11.8. The number of para-hydroxylation sites is 1. The molecule has 2 aliphatic rings. The molecule has 1 aliphatic heterocycles. The van der Waals surface area contributed by atoms with Crippen LogP contribution in [0.1, 0.15) is 62.1 Å². The molecular weight excluding hydrogens is 612 g/mol. The number of amides is 3. The molecule has 8 heteroatoms. The Morgan fingerprint density at radius 1 is 0.898 bits per heavy atom. The van der Waals surface area contributed by atoms with E-state index in [0.29, 0.717) is 30.2 Å². The highest BCUT2D eigenvalue weighted by molar-refractivity contribution is 6.20. The molecular formula is C41H44N4O4. The first-order valence-corrected chi connectivity index (χ1v) is 17.2. The maximum absolute atomic E-state index is 14.7. The molecule has 3 N–H and O–H groups in total. The number of fused-ring (bicyclic) bond motifs is 1. The second-order valence-corrected chi connectivity index (χ2v) is 13.1. The van der Waals surface area contributed by atoms with Gasteiger partial charge in [-0.1, -0.05) is 111 Å². The molecule has 0 saturated heterocycles. The minimum absolute atomic E-state index is 0.260. The standard InChI is InChI=1S/C41H44N4O4/c1-3-4-15-33(38(42)46)35(25-27-18-19-27)40(47)44-39-41(48)45(26-28-11-10-14-31(24-28)29-20-22-32(49-2)23-21-29)36-17-9-8-16-34(36)37(43-39)30-12-6-5-7-13-30/h5-14,16-17,20-24,27,33,35,39H,3-4,15,18-19,25-26H2,1-2H3,(H2,42,46)(H,44,47). The van der Waals surface area contributed by atoms with Crippen LogP contribution in [-0.2, 0) is 20.9 Å². The van der Waals surface area contributed by atoms with Gasteiger partial charge < -0.3 is 20.7 Å². The number of ether oxygens (including phenoxy) is 1. The van der Waals surface area contributed by atoms with Crippen molar-refractivity contribution in [3.63, 3.8) is 0 Å². The van der Waals surface area contributed by atoms with E-state index >= 15 is 0 Å². The predicted molar refractivity (Wildman–Crippen MR) is 193 cm³/mol. The summed E-state index contributed by atoms with van der Waals surface area (Å²) in [7, 11) is 1.64. The number of rotatable bonds is 14. The maximum Gasteiger partial charge on any atom is 0.272 e. The molecule has 1 fully saturated rings. The van der Waals surface area contributed by atoms with E-state index in [1.165, 1.54) is 0 Å². The number of hydrogen-bond donors (Lipinski definition) is 2. The number of carbonyl (C=O) groups excluding carboxylic acids is 3. The van der Waals surface area contributed by atoms with E-state index in [9.17, 15) is 14.4 Å². The van der Waals surface area contributed by atoms with Crippen molar-refractivity contribution in [2.45, 2.75) is 58.2 Å². The van der Waals surface area contributed by atoms with Gasteiger partial charge in [0.15, 0.2) is 0 Å². The molecule has 3 amide bonds. The number of benzene rings is 4. The fraction of sp³-hybridized carbons (Fsp3) is 0.317. The molecule has 6 rings (SSSR count). The third-order valence-corrected chi connectivity index (χ3v) is 9.57. The number of nitrogens with zero attached hydrogens (tertiary/aromatic N) is 2. The van der Waals surface area contributed by atoms with Crippen LogP contribution in [-0.4, -0.2) is 36.7 Å². The quantitative estimate of drug-likeness (QED) is 0.154. The largest absolute Gasteiger partial charge is 0.497 e. The summed E-state index contributed by atoms with van der Waals surface area (Å²) in [6.07, 6.45) is 3.64. The smallest absolute Gasteiger partial charge is 0.272 e. The topological polar surface area (TPSA) is 114 Å². The van der Waals surface area contributed by atoms with Gasteiger partial charge in [-0.05, 0) is 59.7 Å². The van der Waals surface area contributed by atoms with Crippen molar-refractivity contribution >= 4 is 29.1 Å². The van der Waals surface area contributed by atoms with Crippen LogP contribution >= 0.6 is 0 Å². The summed E-state index contributed by atoms with van der Waals surface area (Å²) >= 11 is 0. The first-order chi connectivity index (χ1) is 23.9. The fourth-order valence-corrected chi connectivity index (χ4v) is 6.70. The van der Waals surface area contributed by atoms with Crippen LogP contribution in [0.3, 0.4) is 0 Å². The zero-order valence-corrected chi connectivity index (χ0v) is 28.2. The van der Waals surface area contributed by atoms with E-state index in [4.69, 9.17) is 15.5 Å². The fourth-order valence-electron chi connectivity index (χ4n) is 6.70. The third-order valence-electron chi connectivity index (χ3n) is 9.57. The molecule has 252 valence electrons. The monoisotopic (exact) mass is 656 g/mol. The van der Waals surface area contributed by atoms with E-state index < -0.39 is 23.9 Å². The molecule has 3 atom stereocenters. The van der Waals surface area contributed by atoms with Crippen molar-refractivity contribution in [2.24, 2.45) is 28.5 Å². The van der Waals surface area contributed by atoms with Gasteiger partial charge in [-0.25, -0.2) is 4.99 Å². The van der Waals surface area contributed by atoms with Gasteiger partial charge in [0.05, 0.1) is 25.1 Å². The molecule has 0 aromatic heterocycles. The van der Waals surface area contributed by atoms with Crippen LogP contribution in [0.5, 0.6) is 5.75 Å². The predicted octanol–water partition coefficient (Wildman–Crippen LogP) is 6.90. The van der Waals surface area contributed by atoms with Gasteiger partial charge in [0.25, 0.3) is 5.91 Å². The molecule has 4 aromatic carbocycles. The average molecular weight is 657 g/mol. The normalized spacial score (nSPS) is 16.9. The van der Waals surface area contributed by atoms with Crippen LogP contribution in [0.25, 0.3) is 11.1 Å². The minimum Gasteiger partial charge on any atom is -0.497 e. The second-order valence-electron chi connectivity index (χ2n) is 13.1. The van der Waals surface area contributed by atoms with E-state index in [0.717, 1.165) is 59.3 Å². The zero-order chi connectivity index (χ0) is 34.3. The number of carbonyl (C=O) groups is 3. The lowest BCUT2D eigenvalue weighted by Crippen LogP contribution is -2.50. The summed E-state index contributed by atoms with van der Waals surface area (Å²) in [5.74, 6) is -1.25. The molecule has 49 heavy (non-hydrogen) atoms. The van der Waals surface area contributed by atoms with E-state index in [-0.39, 0.29) is 18.4 Å². The number of anilines is 1. The number of unbranched alkanes of at least 4 members (excludes halogenated alkanes) is 1. The van der Waals surface area contributed by atoms with Crippen molar-refractivity contribution in [3.8, 4) is 16.9 Å². The first-order valence-electron chi connectivity index (χ1n) is 17.2. The Bertz CT molecular complexity index is 1820. The number of nitrogens with two attached hydrogens (primary N) is 1. The van der Waals surface area contributed by atoms with E-state index in [1.807, 2.05) is 97.1 Å². The van der Waals surface area contributed by atoms with Gasteiger partial charge in [0.1, 0.15) is 5.75 Å². The molecule has 0 bridgehead atoms. The van der Waals surface area contributed by atoms with Gasteiger partial charge in [-0.2, -0.15) is 0 Å². The Hall–Kier alpha value is -5.24. The Balaban J connectivity index is 1.38. The summed E-state index contributed by atoms with van der Waals surface area (Å²) in [5, 5.41) is 3.01. The molecule has 8 nitrogen and oxygen atoms in total. The highest BCUT2D eigenvalue weighted by Crippen LogP contribution is 2.39. The van der Waals surface area contributed by atoms with Crippen LogP contribution in [0.15, 0.2) is 108 Å². The van der Waals surface area contributed by atoms with Crippen molar-refractivity contribution in [3.05, 3.63) is 120 Å². The van der Waals surface area contributed by atoms with Crippen molar-refractivity contribution in [1.82, 2.24) is 5.32 Å². The van der Waals surface area contributed by atoms with Gasteiger partial charge in [0, 0.05) is 23.0 Å². The van der Waals surface area contributed by atoms with Crippen LogP contribution in [0.4, 0.5) is 5.69 Å². The summed E-state index contributed by atoms with van der Waals surface area (Å²) in [6.45, 7) is 2.31. The van der Waals surface area contributed by atoms with Gasteiger partial charge in [-0.3, -0.25) is 14.4 Å². The Morgan fingerprint density at radius 2 is 1.61 bits per heavy atom. The Kier molecular flexibility index (Phi) is 10.5. The molecule has 3 unspecified atom stereocenters. The lowest BCUT2D eigenvalue weighted by atomic mass is 9.83. The molecule has 0 radical (unpaired) electrons. The Labute approximate surface area is 288 Å². The molecule has 1 heterocycles. The molecule has 4 aromatic rings. The Morgan fingerprint density at radius 3 is 2.31 bits per heavy atom. The van der Waals surface area contributed by atoms with Crippen molar-refractivity contribution < 1.29 is 19.1 Å². The zero-order valence-electron chi connectivity index (χ0n) is 28.2. The van der Waals surface area contributed by atoms with Gasteiger partial charge >= 0.3 is 0 Å². The van der Waals surface area contributed by atoms with Crippen molar-refractivity contribution in [1.29, 1.82) is 0 Å². The average Bonchev–Trinajstić information content (AvgIpc) is 3.97. The van der Waals surface area contributed by atoms with Gasteiger partial charge in [0.2, 0.25) is 18.0 Å². The highest BCUT2D eigenvalue weighted by Gasteiger charge is 2.40. The first kappa shape index (κ1) is 33.7. The molecule has 1 saturated carbocycles. The third kappa shape index (κ3) is 7.91. The van der Waals surface area contributed by atoms with Crippen LogP contribution in [0.2, 0.25) is 0 Å². The summed E-state index contributed by atoms with van der Waals surface area (Å²) in [4.78, 5) is 48.3. The number of hydrogen-bond acceptors (Lipinski definition) is 5. The SMILES string of the molecule is CCCCC(C(N)=O)C(CC1CC1)C(=O)NC1N=C(c2ccccc2)c2ccccc2N(Cc2cccc(-c3ccc(OC)cc3)c2)C1=O. The van der Waals surface area contributed by atoms with E-state index in [2.05, 4.69) is 18.3 Å². The number of nitrogens with one attached hydrogen (secondary N) is 1. The molecule has 0 spiro atoms. The highest BCUT2D eigenvalue weighted by atomic mass is 16.5. The number of aliphatic imine (C=N–C) groups is 1. The lowest BCUT2D eigenvalue weighted by Gasteiger charge is -2.28. The summed E-state index contributed by atoms with van der Waals surface area (Å²) in [6, 6.07) is 33.4. The van der Waals surface area contributed by atoms with Crippen LogP contribution in [0, 0.1) is 17.8 Å². The minimum atomic E-state index is -1.21. The second kappa shape index (κ2) is 15.3. The summed E-state index contributed by atoms with van der Waals surface area (Å²) < 4.78 is 5.33. The lowest BCUT2D eigenvalue weighted by molar-refractivity contribution is -0.135. The number of primary amides is 1. The van der Waals surface area contributed by atoms with Gasteiger partial charge in [-0.15, -0.1) is 0 Å².